The van der Waals surface area contributed by atoms with E-state index < -0.39 is 0 Å². The van der Waals surface area contributed by atoms with Crippen LogP contribution in [0.5, 0.6) is 0 Å². The van der Waals surface area contributed by atoms with Crippen molar-refractivity contribution in [3.63, 3.8) is 0 Å². The summed E-state index contributed by atoms with van der Waals surface area (Å²) < 4.78 is 0. The fraction of sp³-hybridized carbons (Fsp3) is 0.923. The van der Waals surface area contributed by atoms with Crippen molar-refractivity contribution in [1.82, 2.24) is 10.6 Å². The van der Waals surface area contributed by atoms with Crippen LogP contribution in [0.4, 0.5) is 0 Å². The van der Waals surface area contributed by atoms with Gasteiger partial charge in [0.1, 0.15) is 0 Å². The highest BCUT2D eigenvalue weighted by Crippen LogP contribution is 2.12. The van der Waals surface area contributed by atoms with E-state index >= 15 is 0 Å². The Morgan fingerprint density at radius 1 is 1.12 bits per heavy atom. The maximum atomic E-state index is 11.7. The summed E-state index contributed by atoms with van der Waals surface area (Å²) in [4.78, 5) is 11.7. The van der Waals surface area contributed by atoms with Crippen LogP contribution in [-0.4, -0.2) is 24.5 Å². The first kappa shape index (κ1) is 15.4. The molecule has 3 nitrogen and oxygen atoms in total. The van der Waals surface area contributed by atoms with Crippen LogP contribution in [-0.2, 0) is 4.79 Å². The smallest absolute Gasteiger partial charge is 0.221 e. The first-order chi connectivity index (χ1) is 7.54. The fourth-order valence-electron chi connectivity index (χ4n) is 2.13. The second kappa shape index (κ2) is 8.57. The summed E-state index contributed by atoms with van der Waals surface area (Å²) in [7, 11) is 0. The minimum Gasteiger partial charge on any atom is -0.353 e. The zero-order valence-corrected chi connectivity index (χ0v) is 11.5. The van der Waals surface area contributed by atoms with E-state index in [0.717, 1.165) is 19.4 Å². The Morgan fingerprint density at radius 3 is 2.12 bits per heavy atom. The molecule has 0 aromatic heterocycles. The topological polar surface area (TPSA) is 41.1 Å². The van der Waals surface area contributed by atoms with Gasteiger partial charge in [0.2, 0.25) is 5.91 Å². The Bertz CT molecular complexity index is 190. The van der Waals surface area contributed by atoms with Crippen LogP contribution in [0.2, 0.25) is 0 Å². The average Bonchev–Trinajstić information content (AvgIpc) is 2.19. The first-order valence-electron chi connectivity index (χ1n) is 6.57. The van der Waals surface area contributed by atoms with E-state index in [2.05, 4.69) is 38.3 Å². The molecule has 0 aromatic carbocycles. The summed E-state index contributed by atoms with van der Waals surface area (Å²) in [5, 5.41) is 6.34. The van der Waals surface area contributed by atoms with Crippen molar-refractivity contribution in [3.8, 4) is 0 Å². The van der Waals surface area contributed by atoms with E-state index in [1.807, 2.05) is 6.92 Å². The molecule has 0 fully saturated rings. The Morgan fingerprint density at radius 2 is 1.69 bits per heavy atom. The fourth-order valence-corrected chi connectivity index (χ4v) is 2.13. The van der Waals surface area contributed by atoms with Gasteiger partial charge in [-0.1, -0.05) is 33.6 Å². The summed E-state index contributed by atoms with van der Waals surface area (Å²) in [6, 6.07) is 0.551. The number of rotatable bonds is 8. The van der Waals surface area contributed by atoms with E-state index in [9.17, 15) is 4.79 Å². The third-order valence-electron chi connectivity index (χ3n) is 3.19. The molecule has 0 heterocycles. The van der Waals surface area contributed by atoms with Crippen LogP contribution in [0.15, 0.2) is 0 Å². The minimum absolute atomic E-state index is 0.160. The third-order valence-corrected chi connectivity index (χ3v) is 3.19. The predicted octanol–water partition coefficient (Wildman–Crippen LogP) is 2.32. The largest absolute Gasteiger partial charge is 0.353 e. The summed E-state index contributed by atoms with van der Waals surface area (Å²) >= 11 is 0. The molecule has 0 aliphatic heterocycles. The first-order valence-corrected chi connectivity index (χ1v) is 6.57. The number of carbonyl (C=O) groups excluding carboxylic acids is 1. The molecule has 0 aliphatic carbocycles. The summed E-state index contributed by atoms with van der Waals surface area (Å²) in [6.45, 7) is 11.5. The highest BCUT2D eigenvalue weighted by molar-refractivity contribution is 5.76. The van der Waals surface area contributed by atoms with Gasteiger partial charge < -0.3 is 10.6 Å². The van der Waals surface area contributed by atoms with Crippen LogP contribution in [0.3, 0.4) is 0 Å². The molecule has 0 aliphatic rings. The maximum Gasteiger partial charge on any atom is 0.221 e. The monoisotopic (exact) mass is 228 g/mol. The average molecular weight is 228 g/mol. The Labute approximate surface area is 100 Å². The number of nitrogens with one attached hydrogen (secondary N) is 2. The van der Waals surface area contributed by atoms with Crippen LogP contribution in [0.25, 0.3) is 0 Å². The van der Waals surface area contributed by atoms with Crippen molar-refractivity contribution in [1.29, 1.82) is 0 Å². The molecule has 0 spiro atoms. The van der Waals surface area contributed by atoms with Gasteiger partial charge in [-0.25, -0.2) is 0 Å². The predicted molar refractivity (Wildman–Crippen MR) is 69.4 cm³/mol. The molecule has 0 rings (SSSR count). The number of amides is 1. The normalized spacial score (nSPS) is 14.9. The molecule has 0 saturated heterocycles. The zero-order valence-electron chi connectivity index (χ0n) is 11.5. The van der Waals surface area contributed by atoms with Gasteiger partial charge in [0.25, 0.3) is 0 Å². The Kier molecular flexibility index (Phi) is 8.26. The molecular weight excluding hydrogens is 200 g/mol. The van der Waals surface area contributed by atoms with Crippen LogP contribution < -0.4 is 10.6 Å². The molecule has 2 unspecified atom stereocenters. The zero-order chi connectivity index (χ0) is 12.6. The number of hydrogen-bond donors (Lipinski definition) is 2. The third kappa shape index (κ3) is 6.11. The second-order valence-corrected chi connectivity index (χ2v) is 4.60. The highest BCUT2D eigenvalue weighted by atomic mass is 16.1. The van der Waals surface area contributed by atoms with Gasteiger partial charge in [-0.15, -0.1) is 0 Å². The van der Waals surface area contributed by atoms with Crippen molar-refractivity contribution in [2.45, 2.75) is 66.0 Å². The van der Waals surface area contributed by atoms with E-state index in [-0.39, 0.29) is 18.0 Å². The standard InChI is InChI=1S/C13H28N2O/c1-6-12(7-2)11(5)15-13(16)9-10(4)14-8-3/h10-12,14H,6-9H2,1-5H3,(H,15,16). The Balaban J connectivity index is 3.94. The summed E-state index contributed by atoms with van der Waals surface area (Å²) in [6.07, 6.45) is 2.82. The van der Waals surface area contributed by atoms with E-state index in [0.29, 0.717) is 12.3 Å². The molecule has 2 atom stereocenters. The maximum absolute atomic E-state index is 11.7. The number of carbonyl (C=O) groups is 1. The van der Waals surface area contributed by atoms with E-state index in [1.54, 1.807) is 0 Å². The summed E-state index contributed by atoms with van der Waals surface area (Å²) in [5.41, 5.74) is 0. The van der Waals surface area contributed by atoms with Gasteiger partial charge in [-0.3, -0.25) is 4.79 Å². The number of hydrogen-bond acceptors (Lipinski definition) is 2. The van der Waals surface area contributed by atoms with E-state index in [4.69, 9.17) is 0 Å². The van der Waals surface area contributed by atoms with Gasteiger partial charge in [0.05, 0.1) is 0 Å². The van der Waals surface area contributed by atoms with Gasteiger partial charge >= 0.3 is 0 Å². The van der Waals surface area contributed by atoms with E-state index in [1.165, 1.54) is 0 Å². The Hall–Kier alpha value is -0.570. The molecule has 0 radical (unpaired) electrons. The molecule has 16 heavy (non-hydrogen) atoms. The van der Waals surface area contributed by atoms with Crippen LogP contribution in [0, 0.1) is 5.92 Å². The van der Waals surface area contributed by atoms with Crippen molar-refractivity contribution in [2.75, 3.05) is 6.54 Å². The molecule has 0 aromatic rings. The van der Waals surface area contributed by atoms with Crippen molar-refractivity contribution in [2.24, 2.45) is 5.92 Å². The second-order valence-electron chi connectivity index (χ2n) is 4.60. The molecule has 3 heteroatoms. The molecule has 0 saturated carbocycles. The summed E-state index contributed by atoms with van der Waals surface area (Å²) in [5.74, 6) is 0.756. The van der Waals surface area contributed by atoms with Crippen LogP contribution in [0.1, 0.15) is 53.9 Å². The molecule has 96 valence electrons. The lowest BCUT2D eigenvalue weighted by molar-refractivity contribution is -0.122. The van der Waals surface area contributed by atoms with Crippen molar-refractivity contribution in [3.05, 3.63) is 0 Å². The lowest BCUT2D eigenvalue weighted by atomic mass is 9.95. The SMILES string of the molecule is CCNC(C)CC(=O)NC(C)C(CC)CC. The van der Waals surface area contributed by atoms with Gasteiger partial charge in [-0.05, 0) is 26.3 Å². The lowest BCUT2D eigenvalue weighted by Crippen LogP contribution is -2.40. The van der Waals surface area contributed by atoms with Crippen LogP contribution >= 0.6 is 0 Å². The molecule has 1 amide bonds. The molecule has 2 N–H and O–H groups in total. The lowest BCUT2D eigenvalue weighted by Gasteiger charge is -2.23. The molecule has 0 bridgehead atoms. The van der Waals surface area contributed by atoms with Gasteiger partial charge in [-0.2, -0.15) is 0 Å². The van der Waals surface area contributed by atoms with Gasteiger partial charge in [0.15, 0.2) is 0 Å². The van der Waals surface area contributed by atoms with Gasteiger partial charge in [0, 0.05) is 18.5 Å². The molecular formula is C13H28N2O. The quantitative estimate of drug-likeness (QED) is 0.669. The highest BCUT2D eigenvalue weighted by Gasteiger charge is 2.16. The van der Waals surface area contributed by atoms with Crippen molar-refractivity contribution >= 4 is 5.91 Å². The minimum atomic E-state index is 0.160. The van der Waals surface area contributed by atoms with Crippen molar-refractivity contribution < 1.29 is 4.79 Å².